The molecule has 0 bridgehead atoms. The van der Waals surface area contributed by atoms with Gasteiger partial charge in [0.25, 0.3) is 0 Å². The molecule has 8 heteroatoms. The van der Waals surface area contributed by atoms with Crippen molar-refractivity contribution in [3.05, 3.63) is 35.9 Å². The molecule has 1 aromatic carbocycles. The molecule has 0 saturated carbocycles. The molecule has 2 amide bonds. The van der Waals surface area contributed by atoms with E-state index in [2.05, 4.69) is 23.3 Å². The minimum atomic E-state index is -1.16. The summed E-state index contributed by atoms with van der Waals surface area (Å²) in [7, 11) is 0. The maximum atomic E-state index is 11.8. The van der Waals surface area contributed by atoms with E-state index in [0.717, 1.165) is 5.56 Å². The lowest BCUT2D eigenvalue weighted by Gasteiger charge is -2.17. The molecule has 0 fully saturated rings. The molecule has 0 heterocycles. The van der Waals surface area contributed by atoms with Crippen LogP contribution in [0.5, 0.6) is 0 Å². The Morgan fingerprint density at radius 2 is 1.91 bits per heavy atom. The first-order valence-corrected chi connectivity index (χ1v) is 7.23. The highest BCUT2D eigenvalue weighted by molar-refractivity contribution is 7.80. The number of aliphatic carboxylic acids is 1. The number of thiol groups is 1. The Hall–Kier alpha value is -2.22. The van der Waals surface area contributed by atoms with E-state index in [1.165, 1.54) is 0 Å². The lowest BCUT2D eigenvalue weighted by atomic mass is 10.2. The Balaban J connectivity index is 2.45. The number of carbonyl (C=O) groups is 3. The quantitative estimate of drug-likeness (QED) is 0.529. The zero-order valence-electron chi connectivity index (χ0n) is 11.8. The number of ether oxygens (including phenoxy) is 1. The number of carboxylic acid groups (broad SMARTS) is 1. The van der Waals surface area contributed by atoms with Crippen molar-refractivity contribution < 1.29 is 24.2 Å². The summed E-state index contributed by atoms with van der Waals surface area (Å²) in [5.74, 6) is -1.40. The van der Waals surface area contributed by atoms with E-state index >= 15 is 0 Å². The van der Waals surface area contributed by atoms with Crippen molar-refractivity contribution in [1.82, 2.24) is 10.6 Å². The van der Waals surface area contributed by atoms with Crippen LogP contribution in [-0.2, 0) is 20.9 Å². The van der Waals surface area contributed by atoms with Crippen LogP contribution in [0.25, 0.3) is 0 Å². The lowest BCUT2D eigenvalue weighted by Crippen LogP contribution is -2.48. The highest BCUT2D eigenvalue weighted by Crippen LogP contribution is 2.02. The molecule has 3 N–H and O–H groups in total. The highest BCUT2D eigenvalue weighted by Gasteiger charge is 2.21. The number of amides is 2. The molecule has 0 aliphatic heterocycles. The molecule has 120 valence electrons. The largest absolute Gasteiger partial charge is 0.480 e. The van der Waals surface area contributed by atoms with Gasteiger partial charge in [-0.25, -0.2) is 4.79 Å². The van der Waals surface area contributed by atoms with Crippen LogP contribution in [0.2, 0.25) is 0 Å². The fourth-order valence-electron chi connectivity index (χ4n) is 1.59. The van der Waals surface area contributed by atoms with Crippen LogP contribution in [0.4, 0.5) is 4.79 Å². The average Bonchev–Trinajstić information content (AvgIpc) is 2.51. The van der Waals surface area contributed by atoms with Crippen LogP contribution in [-0.4, -0.2) is 41.4 Å². The number of nitrogens with one attached hydrogen (secondary N) is 2. The first-order chi connectivity index (χ1) is 10.5. The molecule has 0 aromatic heterocycles. The normalized spacial score (nSPS) is 11.3. The number of benzene rings is 1. The van der Waals surface area contributed by atoms with Crippen LogP contribution >= 0.6 is 12.6 Å². The SMILES string of the molecule is O=C(O)CNC(=O)[C@H](CCS)NC(=O)OCc1ccccc1. The van der Waals surface area contributed by atoms with Gasteiger partial charge in [0.15, 0.2) is 0 Å². The molecule has 0 unspecified atom stereocenters. The molecule has 22 heavy (non-hydrogen) atoms. The van der Waals surface area contributed by atoms with Crippen molar-refractivity contribution in [2.45, 2.75) is 19.1 Å². The Morgan fingerprint density at radius 3 is 2.50 bits per heavy atom. The molecule has 0 spiro atoms. The topological polar surface area (TPSA) is 105 Å². The lowest BCUT2D eigenvalue weighted by molar-refractivity contribution is -0.138. The molecule has 0 radical (unpaired) electrons. The smallest absolute Gasteiger partial charge is 0.408 e. The summed E-state index contributed by atoms with van der Waals surface area (Å²) in [5, 5.41) is 13.1. The monoisotopic (exact) mass is 326 g/mol. The Kier molecular flexibility index (Phi) is 7.84. The van der Waals surface area contributed by atoms with Gasteiger partial charge in [-0.15, -0.1) is 0 Å². The molecule has 0 saturated heterocycles. The minimum absolute atomic E-state index is 0.0804. The van der Waals surface area contributed by atoms with Gasteiger partial charge in [0.05, 0.1) is 0 Å². The van der Waals surface area contributed by atoms with Gasteiger partial charge in [-0.1, -0.05) is 30.3 Å². The molecular weight excluding hydrogens is 308 g/mol. The molecule has 0 aliphatic carbocycles. The third-order valence-electron chi connectivity index (χ3n) is 2.65. The minimum Gasteiger partial charge on any atom is -0.480 e. The predicted octanol–water partition coefficient (Wildman–Crippen LogP) is 0.802. The predicted molar refractivity (Wildman–Crippen MR) is 82.7 cm³/mol. The standard InChI is InChI=1S/C14H18N2O5S/c17-12(18)8-15-13(19)11(6-7-22)16-14(20)21-9-10-4-2-1-3-5-10/h1-5,11,22H,6-9H2,(H,15,19)(H,16,20)(H,17,18)/t11-/m0/s1. The molecule has 1 atom stereocenters. The second kappa shape index (κ2) is 9.67. The number of carboxylic acids is 1. The second-order valence-electron chi connectivity index (χ2n) is 4.38. The van der Waals surface area contributed by atoms with Gasteiger partial charge in [-0.05, 0) is 17.7 Å². The first kappa shape index (κ1) is 17.8. The average molecular weight is 326 g/mol. The van der Waals surface area contributed by atoms with Crippen LogP contribution in [0.3, 0.4) is 0 Å². The third kappa shape index (κ3) is 6.98. The fraction of sp³-hybridized carbons (Fsp3) is 0.357. The molecule has 0 aliphatic rings. The van der Waals surface area contributed by atoms with Crippen LogP contribution in [0.15, 0.2) is 30.3 Å². The maximum absolute atomic E-state index is 11.8. The van der Waals surface area contributed by atoms with Crippen LogP contribution in [0.1, 0.15) is 12.0 Å². The fourth-order valence-corrected chi connectivity index (χ4v) is 1.85. The number of hydrogen-bond donors (Lipinski definition) is 4. The number of rotatable bonds is 8. The van der Waals surface area contributed by atoms with Crippen molar-refractivity contribution in [3.63, 3.8) is 0 Å². The van der Waals surface area contributed by atoms with Crippen molar-refractivity contribution in [2.75, 3.05) is 12.3 Å². The van der Waals surface area contributed by atoms with Crippen molar-refractivity contribution in [1.29, 1.82) is 0 Å². The van der Waals surface area contributed by atoms with Crippen molar-refractivity contribution >= 4 is 30.6 Å². The van der Waals surface area contributed by atoms with Gasteiger partial charge >= 0.3 is 12.1 Å². The maximum Gasteiger partial charge on any atom is 0.408 e. The van der Waals surface area contributed by atoms with Crippen molar-refractivity contribution in [3.8, 4) is 0 Å². The molecule has 1 rings (SSSR count). The zero-order valence-corrected chi connectivity index (χ0v) is 12.7. The third-order valence-corrected chi connectivity index (χ3v) is 2.91. The molecular formula is C14H18N2O5S. The van der Waals surface area contributed by atoms with Gasteiger partial charge in [0.2, 0.25) is 5.91 Å². The van der Waals surface area contributed by atoms with Gasteiger partial charge in [0, 0.05) is 0 Å². The first-order valence-electron chi connectivity index (χ1n) is 6.60. The van der Waals surface area contributed by atoms with E-state index in [9.17, 15) is 14.4 Å². The van der Waals surface area contributed by atoms with E-state index in [-0.39, 0.29) is 13.0 Å². The van der Waals surface area contributed by atoms with Crippen LogP contribution in [0, 0.1) is 0 Å². The van der Waals surface area contributed by atoms with E-state index in [1.54, 1.807) is 12.1 Å². The Morgan fingerprint density at radius 1 is 1.23 bits per heavy atom. The summed E-state index contributed by atoms with van der Waals surface area (Å²) in [6.07, 6.45) is -0.490. The van der Waals surface area contributed by atoms with E-state index < -0.39 is 30.6 Å². The second-order valence-corrected chi connectivity index (χ2v) is 4.83. The molecule has 7 nitrogen and oxygen atoms in total. The summed E-state index contributed by atoms with van der Waals surface area (Å²) in [5.41, 5.74) is 0.818. The Bertz CT molecular complexity index is 509. The summed E-state index contributed by atoms with van der Waals surface area (Å²) < 4.78 is 5.01. The highest BCUT2D eigenvalue weighted by atomic mass is 32.1. The van der Waals surface area contributed by atoms with E-state index in [4.69, 9.17) is 9.84 Å². The van der Waals surface area contributed by atoms with Crippen molar-refractivity contribution in [2.24, 2.45) is 0 Å². The van der Waals surface area contributed by atoms with Gasteiger partial charge < -0.3 is 20.5 Å². The van der Waals surface area contributed by atoms with E-state index in [0.29, 0.717) is 5.75 Å². The van der Waals surface area contributed by atoms with Gasteiger partial charge in [0.1, 0.15) is 19.2 Å². The summed E-state index contributed by atoms with van der Waals surface area (Å²) in [6, 6.07) is 8.20. The number of carbonyl (C=O) groups excluding carboxylic acids is 2. The zero-order chi connectivity index (χ0) is 16.4. The summed E-state index contributed by atoms with van der Waals surface area (Å²) >= 11 is 4.01. The summed E-state index contributed by atoms with van der Waals surface area (Å²) in [6.45, 7) is -0.431. The number of hydrogen-bond acceptors (Lipinski definition) is 5. The summed E-state index contributed by atoms with van der Waals surface area (Å²) in [4.78, 5) is 33.9. The Labute approximate surface area is 133 Å². The van der Waals surface area contributed by atoms with Gasteiger partial charge in [-0.2, -0.15) is 12.6 Å². The van der Waals surface area contributed by atoms with Gasteiger partial charge in [-0.3, -0.25) is 9.59 Å². The number of alkyl carbamates (subject to hydrolysis) is 1. The van der Waals surface area contributed by atoms with E-state index in [1.807, 2.05) is 18.2 Å². The van der Waals surface area contributed by atoms with Crippen LogP contribution < -0.4 is 10.6 Å². The molecule has 1 aromatic rings.